The Morgan fingerprint density at radius 3 is 2.61 bits per heavy atom. The number of fused-ring (bicyclic) bond motifs is 1. The SMILES string of the molecule is Cc1sc2ncnc(N3CCC(C(=O)NC(c4ccc(Cl)cc4)c4cccs4)CC3)c2c1C. The molecule has 1 N–H and O–H groups in total. The molecular weight excluding hydrogens is 472 g/mol. The fourth-order valence-electron chi connectivity index (χ4n) is 4.45. The molecule has 0 spiro atoms. The lowest BCUT2D eigenvalue weighted by molar-refractivity contribution is -0.126. The molecule has 1 aromatic carbocycles. The molecule has 1 aliphatic heterocycles. The zero-order chi connectivity index (χ0) is 22.9. The lowest BCUT2D eigenvalue weighted by atomic mass is 9.94. The van der Waals surface area contributed by atoms with Gasteiger partial charge in [-0.3, -0.25) is 4.79 Å². The number of halogens is 1. The monoisotopic (exact) mass is 496 g/mol. The van der Waals surface area contributed by atoms with Gasteiger partial charge in [-0.15, -0.1) is 22.7 Å². The number of carbonyl (C=O) groups excluding carboxylic acids is 1. The van der Waals surface area contributed by atoms with E-state index in [2.05, 4.69) is 40.1 Å². The zero-order valence-corrected chi connectivity index (χ0v) is 20.9. The summed E-state index contributed by atoms with van der Waals surface area (Å²) in [5, 5.41) is 7.20. The van der Waals surface area contributed by atoms with E-state index < -0.39 is 0 Å². The number of rotatable bonds is 5. The van der Waals surface area contributed by atoms with E-state index in [-0.39, 0.29) is 17.9 Å². The summed E-state index contributed by atoms with van der Waals surface area (Å²) in [5.74, 6) is 1.09. The Bertz CT molecular complexity index is 1260. The lowest BCUT2D eigenvalue weighted by Gasteiger charge is -2.33. The van der Waals surface area contributed by atoms with E-state index >= 15 is 0 Å². The Balaban J connectivity index is 1.30. The third-order valence-electron chi connectivity index (χ3n) is 6.43. The first-order valence-corrected chi connectivity index (χ1v) is 13.1. The average molecular weight is 497 g/mol. The molecule has 4 heterocycles. The predicted molar refractivity (Wildman–Crippen MR) is 138 cm³/mol. The van der Waals surface area contributed by atoms with Gasteiger partial charge in [-0.05, 0) is 61.4 Å². The number of aryl methyl sites for hydroxylation is 2. The third kappa shape index (κ3) is 4.50. The van der Waals surface area contributed by atoms with Crippen LogP contribution in [-0.2, 0) is 4.79 Å². The van der Waals surface area contributed by atoms with Crippen LogP contribution in [0.25, 0.3) is 10.2 Å². The summed E-state index contributed by atoms with van der Waals surface area (Å²) in [6.07, 6.45) is 3.26. The van der Waals surface area contributed by atoms with Crippen molar-refractivity contribution < 1.29 is 4.79 Å². The van der Waals surface area contributed by atoms with Crippen molar-refractivity contribution in [3.8, 4) is 0 Å². The van der Waals surface area contributed by atoms with Gasteiger partial charge in [0.2, 0.25) is 5.91 Å². The first-order chi connectivity index (χ1) is 16.0. The van der Waals surface area contributed by atoms with Crippen molar-refractivity contribution in [2.24, 2.45) is 5.92 Å². The average Bonchev–Trinajstić information content (AvgIpc) is 3.46. The molecule has 1 unspecified atom stereocenters. The first-order valence-electron chi connectivity index (χ1n) is 11.1. The van der Waals surface area contributed by atoms with E-state index in [4.69, 9.17) is 11.6 Å². The molecule has 0 aliphatic carbocycles. The quantitative estimate of drug-likeness (QED) is 0.360. The number of thiophene rings is 2. The third-order valence-corrected chi connectivity index (χ3v) is 8.73. The number of benzene rings is 1. The number of piperidine rings is 1. The molecule has 0 bridgehead atoms. The van der Waals surface area contributed by atoms with Crippen LogP contribution >= 0.6 is 34.3 Å². The van der Waals surface area contributed by atoms with Crippen LogP contribution in [0.15, 0.2) is 48.1 Å². The Morgan fingerprint density at radius 2 is 1.91 bits per heavy atom. The number of anilines is 1. The maximum atomic E-state index is 13.3. The topological polar surface area (TPSA) is 58.1 Å². The summed E-state index contributed by atoms with van der Waals surface area (Å²) in [5.41, 5.74) is 2.30. The Morgan fingerprint density at radius 1 is 1.15 bits per heavy atom. The minimum Gasteiger partial charge on any atom is -0.356 e. The summed E-state index contributed by atoms with van der Waals surface area (Å²) < 4.78 is 0. The second kappa shape index (κ2) is 9.41. The summed E-state index contributed by atoms with van der Waals surface area (Å²) in [4.78, 5) is 28.1. The molecule has 1 fully saturated rings. The number of nitrogens with zero attached hydrogens (tertiary/aromatic N) is 3. The number of hydrogen-bond donors (Lipinski definition) is 1. The Hall–Kier alpha value is -2.48. The van der Waals surface area contributed by atoms with Crippen LogP contribution in [0, 0.1) is 19.8 Å². The van der Waals surface area contributed by atoms with Gasteiger partial charge in [0.1, 0.15) is 17.0 Å². The standard InChI is InChI=1S/C25H25ClN4OS2/c1-15-16(2)33-25-21(15)23(27-14-28-25)30-11-9-18(10-12-30)24(31)29-22(20-4-3-13-32-20)17-5-7-19(26)8-6-17/h3-8,13-14,18,22H,9-12H2,1-2H3,(H,29,31). The van der Waals surface area contributed by atoms with E-state index in [1.54, 1.807) is 29.0 Å². The van der Waals surface area contributed by atoms with Gasteiger partial charge < -0.3 is 10.2 Å². The first kappa shape index (κ1) is 22.3. The summed E-state index contributed by atoms with van der Waals surface area (Å²) in [6.45, 7) is 5.89. The van der Waals surface area contributed by atoms with Gasteiger partial charge in [0.05, 0.1) is 11.4 Å². The van der Waals surface area contributed by atoms with Crippen molar-refractivity contribution >= 4 is 56.2 Å². The smallest absolute Gasteiger partial charge is 0.224 e. The van der Waals surface area contributed by atoms with Crippen molar-refractivity contribution in [2.75, 3.05) is 18.0 Å². The molecule has 0 radical (unpaired) electrons. The second-order valence-electron chi connectivity index (χ2n) is 8.43. The molecule has 33 heavy (non-hydrogen) atoms. The summed E-state index contributed by atoms with van der Waals surface area (Å²) in [7, 11) is 0. The van der Waals surface area contributed by atoms with Crippen LogP contribution in [0.3, 0.4) is 0 Å². The van der Waals surface area contributed by atoms with Crippen molar-refractivity contribution in [1.82, 2.24) is 15.3 Å². The van der Waals surface area contributed by atoms with Crippen LogP contribution in [0.4, 0.5) is 5.82 Å². The molecule has 170 valence electrons. The summed E-state index contributed by atoms with van der Waals surface area (Å²) in [6, 6.07) is 11.6. The molecule has 5 rings (SSSR count). The van der Waals surface area contributed by atoms with Gasteiger partial charge in [0, 0.05) is 33.8 Å². The van der Waals surface area contributed by atoms with Crippen LogP contribution < -0.4 is 10.2 Å². The minimum absolute atomic E-state index is 0.0151. The maximum absolute atomic E-state index is 13.3. The Kier molecular flexibility index (Phi) is 6.36. The molecule has 1 atom stereocenters. The highest BCUT2D eigenvalue weighted by molar-refractivity contribution is 7.18. The van der Waals surface area contributed by atoms with Gasteiger partial charge in [0.25, 0.3) is 0 Å². The van der Waals surface area contributed by atoms with Gasteiger partial charge in [-0.2, -0.15) is 0 Å². The van der Waals surface area contributed by atoms with E-state index in [0.29, 0.717) is 5.02 Å². The van der Waals surface area contributed by atoms with E-state index in [0.717, 1.165) is 52.4 Å². The number of carbonyl (C=O) groups is 1. The minimum atomic E-state index is -0.161. The molecular formula is C25H25ClN4OS2. The van der Waals surface area contributed by atoms with Crippen LogP contribution in [0.2, 0.25) is 5.02 Å². The summed E-state index contributed by atoms with van der Waals surface area (Å²) >= 11 is 9.45. The Labute approximate surface area is 206 Å². The highest BCUT2D eigenvalue weighted by atomic mass is 35.5. The van der Waals surface area contributed by atoms with Gasteiger partial charge in [0.15, 0.2) is 0 Å². The number of hydrogen-bond acceptors (Lipinski definition) is 6. The molecule has 4 aromatic rings. The van der Waals surface area contributed by atoms with E-state index in [1.165, 1.54) is 10.4 Å². The largest absolute Gasteiger partial charge is 0.356 e. The molecule has 1 amide bonds. The number of aromatic nitrogens is 2. The normalized spacial score (nSPS) is 15.7. The fourth-order valence-corrected chi connectivity index (χ4v) is 6.37. The van der Waals surface area contributed by atoms with E-state index in [1.807, 2.05) is 35.7 Å². The highest BCUT2D eigenvalue weighted by Gasteiger charge is 2.29. The van der Waals surface area contributed by atoms with Crippen molar-refractivity contribution in [3.63, 3.8) is 0 Å². The van der Waals surface area contributed by atoms with Crippen LogP contribution in [0.1, 0.15) is 39.8 Å². The predicted octanol–water partition coefficient (Wildman–Crippen LogP) is 6.15. The van der Waals surface area contributed by atoms with Gasteiger partial charge in [-0.1, -0.05) is 29.8 Å². The second-order valence-corrected chi connectivity index (χ2v) is 11.0. The highest BCUT2D eigenvalue weighted by Crippen LogP contribution is 2.36. The van der Waals surface area contributed by atoms with Gasteiger partial charge >= 0.3 is 0 Å². The van der Waals surface area contributed by atoms with Crippen LogP contribution in [-0.4, -0.2) is 29.0 Å². The zero-order valence-electron chi connectivity index (χ0n) is 18.5. The van der Waals surface area contributed by atoms with E-state index in [9.17, 15) is 4.79 Å². The number of amides is 1. The van der Waals surface area contributed by atoms with Crippen LogP contribution in [0.5, 0.6) is 0 Å². The number of nitrogens with one attached hydrogen (secondary N) is 1. The van der Waals surface area contributed by atoms with Crippen molar-refractivity contribution in [1.29, 1.82) is 0 Å². The molecule has 1 aliphatic rings. The maximum Gasteiger partial charge on any atom is 0.224 e. The lowest BCUT2D eigenvalue weighted by Crippen LogP contribution is -2.42. The van der Waals surface area contributed by atoms with Crippen molar-refractivity contribution in [2.45, 2.75) is 32.7 Å². The van der Waals surface area contributed by atoms with Crippen molar-refractivity contribution in [3.05, 3.63) is 74.0 Å². The molecule has 3 aromatic heterocycles. The molecule has 1 saturated heterocycles. The van der Waals surface area contributed by atoms with Gasteiger partial charge in [-0.25, -0.2) is 9.97 Å². The fraction of sp³-hybridized carbons (Fsp3) is 0.320. The molecule has 5 nitrogen and oxygen atoms in total. The molecule has 8 heteroatoms. The molecule has 0 saturated carbocycles.